The van der Waals surface area contributed by atoms with Crippen molar-refractivity contribution in [3.63, 3.8) is 0 Å². The third kappa shape index (κ3) is 3.19. The lowest BCUT2D eigenvalue weighted by atomic mass is 9.77. The van der Waals surface area contributed by atoms with Gasteiger partial charge in [0.25, 0.3) is 0 Å². The normalized spacial score (nSPS) is 20.0. The van der Waals surface area contributed by atoms with E-state index >= 15 is 0 Å². The molecule has 2 heterocycles. The van der Waals surface area contributed by atoms with Crippen LogP contribution < -0.4 is 0 Å². The Kier molecular flexibility index (Phi) is 4.31. The van der Waals surface area contributed by atoms with E-state index in [0.29, 0.717) is 4.88 Å². The van der Waals surface area contributed by atoms with Crippen molar-refractivity contribution in [1.29, 1.82) is 0 Å². The van der Waals surface area contributed by atoms with E-state index in [1.165, 1.54) is 22.5 Å². The predicted molar refractivity (Wildman–Crippen MR) is 96.0 cm³/mol. The number of carbonyl (C=O) groups excluding carboxylic acids is 1. The number of benzene rings is 1. The Labute approximate surface area is 150 Å². The van der Waals surface area contributed by atoms with Crippen molar-refractivity contribution in [3.05, 3.63) is 57.3 Å². The highest BCUT2D eigenvalue weighted by molar-refractivity contribution is 7.13. The fourth-order valence-electron chi connectivity index (χ4n) is 3.62. The quantitative estimate of drug-likeness (QED) is 0.914. The standard InChI is InChI=1S/C19H20N2O3S/c22-18(16-11-13-3-1-2-4-15(13)16)21-9-7-20(8-10-21)12-14-5-6-17(25-14)19(23)24/h1-6,16H,7-12H2,(H,23,24). The Balaban J connectivity index is 1.31. The fourth-order valence-corrected chi connectivity index (χ4v) is 4.51. The molecule has 130 valence electrons. The largest absolute Gasteiger partial charge is 0.477 e. The number of amides is 1. The minimum Gasteiger partial charge on any atom is -0.477 e. The number of hydrogen-bond donors (Lipinski definition) is 1. The number of fused-ring (bicyclic) bond motifs is 1. The lowest BCUT2D eigenvalue weighted by molar-refractivity contribution is -0.135. The Hall–Kier alpha value is -2.18. The minimum absolute atomic E-state index is 0.0400. The third-order valence-electron chi connectivity index (χ3n) is 5.09. The molecule has 1 aliphatic carbocycles. The van der Waals surface area contributed by atoms with Gasteiger partial charge in [-0.25, -0.2) is 4.79 Å². The molecule has 4 rings (SSSR count). The molecule has 1 unspecified atom stereocenters. The highest BCUT2D eigenvalue weighted by Gasteiger charge is 2.35. The molecule has 6 heteroatoms. The van der Waals surface area contributed by atoms with E-state index in [2.05, 4.69) is 17.0 Å². The predicted octanol–water partition coefficient (Wildman–Crippen LogP) is 2.43. The smallest absolute Gasteiger partial charge is 0.345 e. The van der Waals surface area contributed by atoms with Crippen molar-refractivity contribution in [3.8, 4) is 0 Å². The second-order valence-electron chi connectivity index (χ2n) is 6.63. The van der Waals surface area contributed by atoms with Crippen molar-refractivity contribution in [1.82, 2.24) is 9.80 Å². The van der Waals surface area contributed by atoms with Crippen molar-refractivity contribution >= 4 is 23.2 Å². The van der Waals surface area contributed by atoms with Gasteiger partial charge in [-0.3, -0.25) is 9.69 Å². The van der Waals surface area contributed by atoms with Crippen LogP contribution in [0.25, 0.3) is 0 Å². The highest BCUT2D eigenvalue weighted by Crippen LogP contribution is 2.36. The Bertz CT molecular complexity index is 809. The molecule has 1 saturated heterocycles. The van der Waals surface area contributed by atoms with E-state index in [4.69, 9.17) is 5.11 Å². The summed E-state index contributed by atoms with van der Waals surface area (Å²) < 4.78 is 0. The summed E-state index contributed by atoms with van der Waals surface area (Å²) in [5, 5.41) is 9.00. The number of thiophene rings is 1. The number of rotatable bonds is 4. The van der Waals surface area contributed by atoms with Gasteiger partial charge >= 0.3 is 5.97 Å². The second-order valence-corrected chi connectivity index (χ2v) is 7.80. The van der Waals surface area contributed by atoms with Gasteiger partial charge in [-0.05, 0) is 29.7 Å². The maximum Gasteiger partial charge on any atom is 0.345 e. The first-order valence-electron chi connectivity index (χ1n) is 8.53. The van der Waals surface area contributed by atoms with Crippen LogP contribution in [-0.4, -0.2) is 53.0 Å². The number of aromatic carboxylic acids is 1. The number of carboxylic acids is 1. The van der Waals surface area contributed by atoms with Crippen molar-refractivity contribution in [2.45, 2.75) is 18.9 Å². The van der Waals surface area contributed by atoms with E-state index in [1.807, 2.05) is 23.1 Å². The first-order valence-corrected chi connectivity index (χ1v) is 9.34. The van der Waals surface area contributed by atoms with Gasteiger partial charge in [-0.15, -0.1) is 11.3 Å². The van der Waals surface area contributed by atoms with Crippen LogP contribution in [0, 0.1) is 0 Å². The topological polar surface area (TPSA) is 60.9 Å². The number of carbonyl (C=O) groups is 2. The van der Waals surface area contributed by atoms with Crippen molar-refractivity contribution < 1.29 is 14.7 Å². The summed E-state index contributed by atoms with van der Waals surface area (Å²) in [4.78, 5) is 29.4. The average molecular weight is 356 g/mol. The van der Waals surface area contributed by atoms with E-state index in [-0.39, 0.29) is 11.8 Å². The van der Waals surface area contributed by atoms with Crippen LogP contribution in [0.4, 0.5) is 0 Å². The van der Waals surface area contributed by atoms with Gasteiger partial charge in [-0.2, -0.15) is 0 Å². The summed E-state index contributed by atoms with van der Waals surface area (Å²) in [7, 11) is 0. The van der Waals surface area contributed by atoms with E-state index in [9.17, 15) is 9.59 Å². The van der Waals surface area contributed by atoms with Gasteiger partial charge in [0.05, 0.1) is 5.92 Å². The van der Waals surface area contributed by atoms with Crippen LogP contribution >= 0.6 is 11.3 Å². The monoisotopic (exact) mass is 356 g/mol. The summed E-state index contributed by atoms with van der Waals surface area (Å²) in [6.07, 6.45) is 0.863. The molecule has 2 aliphatic rings. The second kappa shape index (κ2) is 6.61. The van der Waals surface area contributed by atoms with E-state index < -0.39 is 5.97 Å². The van der Waals surface area contributed by atoms with Gasteiger partial charge in [0.15, 0.2) is 0 Å². The van der Waals surface area contributed by atoms with Crippen LogP contribution in [0.1, 0.15) is 31.6 Å². The molecule has 2 aromatic rings. The van der Waals surface area contributed by atoms with Gasteiger partial charge in [0, 0.05) is 37.6 Å². The fraction of sp³-hybridized carbons (Fsp3) is 0.368. The molecule has 0 bridgehead atoms. The van der Waals surface area contributed by atoms with E-state index in [0.717, 1.165) is 44.0 Å². The molecule has 5 nitrogen and oxygen atoms in total. The maximum absolute atomic E-state index is 12.7. The average Bonchev–Trinajstić information content (AvgIpc) is 3.05. The first-order chi connectivity index (χ1) is 12.1. The van der Waals surface area contributed by atoms with Crippen LogP contribution in [0.2, 0.25) is 0 Å². The molecular weight excluding hydrogens is 336 g/mol. The third-order valence-corrected chi connectivity index (χ3v) is 6.15. The van der Waals surface area contributed by atoms with Gasteiger partial charge in [-0.1, -0.05) is 24.3 Å². The molecular formula is C19H20N2O3S. The molecule has 0 saturated carbocycles. The summed E-state index contributed by atoms with van der Waals surface area (Å²) >= 11 is 1.33. The molecule has 1 aromatic carbocycles. The van der Waals surface area contributed by atoms with Crippen LogP contribution in [0.3, 0.4) is 0 Å². The Morgan fingerprint density at radius 1 is 1.08 bits per heavy atom. The van der Waals surface area contributed by atoms with Crippen LogP contribution in [0.5, 0.6) is 0 Å². The van der Waals surface area contributed by atoms with Crippen LogP contribution in [-0.2, 0) is 17.8 Å². The highest BCUT2D eigenvalue weighted by atomic mass is 32.1. The zero-order chi connectivity index (χ0) is 17.4. The molecule has 1 atom stereocenters. The Morgan fingerprint density at radius 3 is 2.52 bits per heavy atom. The van der Waals surface area contributed by atoms with E-state index in [1.54, 1.807) is 6.07 Å². The van der Waals surface area contributed by atoms with Crippen molar-refractivity contribution in [2.75, 3.05) is 26.2 Å². The Morgan fingerprint density at radius 2 is 1.84 bits per heavy atom. The van der Waals surface area contributed by atoms with Gasteiger partial charge < -0.3 is 10.0 Å². The molecule has 0 radical (unpaired) electrons. The molecule has 1 amide bonds. The van der Waals surface area contributed by atoms with Crippen LogP contribution in [0.15, 0.2) is 36.4 Å². The lowest BCUT2D eigenvalue weighted by Crippen LogP contribution is -2.50. The summed E-state index contributed by atoms with van der Waals surface area (Å²) in [6, 6.07) is 11.7. The molecule has 0 spiro atoms. The first kappa shape index (κ1) is 16.3. The number of nitrogens with zero attached hydrogens (tertiary/aromatic N) is 2. The molecule has 1 fully saturated rings. The molecule has 1 N–H and O–H groups in total. The molecule has 1 aromatic heterocycles. The number of carboxylic acid groups (broad SMARTS) is 1. The van der Waals surface area contributed by atoms with Gasteiger partial charge in [0.2, 0.25) is 5.91 Å². The maximum atomic E-state index is 12.7. The number of piperazine rings is 1. The number of hydrogen-bond acceptors (Lipinski definition) is 4. The SMILES string of the molecule is O=C(O)c1ccc(CN2CCN(C(=O)C3Cc4ccccc43)CC2)s1. The zero-order valence-corrected chi connectivity index (χ0v) is 14.7. The molecule has 25 heavy (non-hydrogen) atoms. The van der Waals surface area contributed by atoms with Gasteiger partial charge in [0.1, 0.15) is 4.88 Å². The zero-order valence-electron chi connectivity index (χ0n) is 13.9. The summed E-state index contributed by atoms with van der Waals surface area (Å²) in [5.74, 6) is -0.576. The summed E-state index contributed by atoms with van der Waals surface area (Å²) in [6.45, 7) is 3.91. The summed E-state index contributed by atoms with van der Waals surface area (Å²) in [5.41, 5.74) is 2.49. The molecule has 1 aliphatic heterocycles. The van der Waals surface area contributed by atoms with Crippen molar-refractivity contribution in [2.24, 2.45) is 0 Å². The minimum atomic E-state index is -0.868. The lowest BCUT2D eigenvalue weighted by Gasteiger charge is -2.39.